The summed E-state index contributed by atoms with van der Waals surface area (Å²) in [4.78, 5) is 48.7. The van der Waals surface area contributed by atoms with Crippen LogP contribution in [0.15, 0.2) is 54.0 Å². The van der Waals surface area contributed by atoms with Crippen molar-refractivity contribution in [3.8, 4) is 10.4 Å². The Morgan fingerprint density at radius 3 is 2.46 bits per heavy atom. The molecule has 2 aliphatic heterocycles. The summed E-state index contributed by atoms with van der Waals surface area (Å²) in [5.74, 6) is -1.20. The molecule has 0 spiro atoms. The molecule has 2 amide bonds. The van der Waals surface area contributed by atoms with Crippen molar-refractivity contribution >= 4 is 28.9 Å². The molecule has 2 aromatic carbocycles. The first-order valence-electron chi connectivity index (χ1n) is 13.2. The highest BCUT2D eigenvalue weighted by atomic mass is 32.1. The van der Waals surface area contributed by atoms with Gasteiger partial charge in [-0.15, -0.1) is 11.3 Å². The van der Waals surface area contributed by atoms with E-state index in [1.54, 1.807) is 28.4 Å². The zero-order valence-corrected chi connectivity index (χ0v) is 23.1. The van der Waals surface area contributed by atoms with E-state index in [1.165, 1.54) is 4.90 Å². The molecule has 1 fully saturated rings. The van der Waals surface area contributed by atoms with E-state index in [1.807, 2.05) is 62.7 Å². The Kier molecular flexibility index (Phi) is 7.66. The molecule has 5 rings (SSSR count). The Morgan fingerprint density at radius 2 is 1.82 bits per heavy atom. The highest BCUT2D eigenvalue weighted by Gasteiger charge is 2.49. The minimum absolute atomic E-state index is 0.109. The molecule has 9 heteroatoms. The second-order valence-electron chi connectivity index (χ2n) is 10.7. The van der Waals surface area contributed by atoms with Crippen molar-refractivity contribution in [2.24, 2.45) is 5.92 Å². The number of hydrogen-bond donors (Lipinski definition) is 2. The summed E-state index contributed by atoms with van der Waals surface area (Å²) < 4.78 is 0. The van der Waals surface area contributed by atoms with Crippen molar-refractivity contribution in [3.05, 3.63) is 76.4 Å². The van der Waals surface area contributed by atoms with E-state index in [4.69, 9.17) is 0 Å². The minimum Gasteiger partial charge on any atom is -0.388 e. The van der Waals surface area contributed by atoms with E-state index >= 15 is 0 Å². The molecule has 0 unspecified atom stereocenters. The number of aliphatic hydroxyl groups is 2. The lowest BCUT2D eigenvalue weighted by molar-refractivity contribution is -0.144. The number of Topliss-reactive ketones (excluding diaryl/α,β-unsaturated/α-hetero) is 1. The van der Waals surface area contributed by atoms with Crippen LogP contribution in [0.4, 0.5) is 0 Å². The average Bonchev–Trinajstić information content (AvgIpc) is 3.58. The van der Waals surface area contributed by atoms with Gasteiger partial charge < -0.3 is 20.0 Å². The molecular weight excluding hydrogens is 514 g/mol. The molecule has 0 radical (unpaired) electrons. The lowest BCUT2D eigenvalue weighted by Gasteiger charge is -2.35. The first-order valence-corrected chi connectivity index (χ1v) is 14.1. The number of β-amino-alcohol motifs (C(OH)–C–C–N with tert-alkyl or cyclic N) is 1. The number of aliphatic hydroxyl groups excluding tert-OH is 2. The van der Waals surface area contributed by atoms with Crippen LogP contribution in [0.25, 0.3) is 10.4 Å². The van der Waals surface area contributed by atoms with Crippen LogP contribution >= 0.6 is 11.3 Å². The lowest BCUT2D eigenvalue weighted by Crippen LogP contribution is -2.55. The van der Waals surface area contributed by atoms with E-state index in [0.717, 1.165) is 27.3 Å². The summed E-state index contributed by atoms with van der Waals surface area (Å²) in [5, 5.41) is 21.2. The van der Waals surface area contributed by atoms with Crippen molar-refractivity contribution in [1.29, 1.82) is 0 Å². The summed E-state index contributed by atoms with van der Waals surface area (Å²) in [6, 6.07) is 13.2. The maximum atomic E-state index is 13.9. The number of carbonyl (C=O) groups is 3. The maximum Gasteiger partial charge on any atom is 0.255 e. The summed E-state index contributed by atoms with van der Waals surface area (Å²) in [7, 11) is 0. The molecule has 39 heavy (non-hydrogen) atoms. The van der Waals surface area contributed by atoms with Gasteiger partial charge >= 0.3 is 0 Å². The number of hydrogen-bond acceptors (Lipinski definition) is 7. The van der Waals surface area contributed by atoms with Crippen molar-refractivity contribution in [1.82, 2.24) is 14.8 Å². The van der Waals surface area contributed by atoms with Gasteiger partial charge in [0.1, 0.15) is 18.2 Å². The molecule has 1 saturated heterocycles. The molecule has 0 aliphatic carbocycles. The fourth-order valence-corrected chi connectivity index (χ4v) is 6.49. The molecule has 1 aromatic heterocycles. The summed E-state index contributed by atoms with van der Waals surface area (Å²) >= 11 is 1.58. The van der Waals surface area contributed by atoms with Crippen molar-refractivity contribution < 1.29 is 24.6 Å². The topological polar surface area (TPSA) is 111 Å². The Hall–Kier alpha value is -3.40. The number of amides is 2. The van der Waals surface area contributed by atoms with E-state index in [2.05, 4.69) is 4.98 Å². The summed E-state index contributed by atoms with van der Waals surface area (Å²) in [6.45, 7) is 5.83. The van der Waals surface area contributed by atoms with Gasteiger partial charge in [0, 0.05) is 18.5 Å². The summed E-state index contributed by atoms with van der Waals surface area (Å²) in [5.41, 5.74) is 6.23. The number of aromatic nitrogens is 1. The highest BCUT2D eigenvalue weighted by Crippen LogP contribution is 2.31. The van der Waals surface area contributed by atoms with Gasteiger partial charge in [0.05, 0.1) is 28.7 Å². The van der Waals surface area contributed by atoms with Gasteiger partial charge in [0.25, 0.3) is 5.91 Å². The fraction of sp³-hybridized carbons (Fsp3) is 0.400. The van der Waals surface area contributed by atoms with Gasteiger partial charge in [0.15, 0.2) is 5.78 Å². The quantitative estimate of drug-likeness (QED) is 0.448. The van der Waals surface area contributed by atoms with Crippen LogP contribution in [0.5, 0.6) is 0 Å². The Bertz CT molecular complexity index is 1390. The van der Waals surface area contributed by atoms with E-state index in [9.17, 15) is 24.6 Å². The number of nitrogens with zero attached hydrogens (tertiary/aromatic N) is 3. The van der Waals surface area contributed by atoms with Crippen LogP contribution in [0.3, 0.4) is 0 Å². The van der Waals surface area contributed by atoms with Crippen LogP contribution in [-0.4, -0.2) is 73.4 Å². The molecule has 3 aromatic rings. The number of carbonyl (C=O) groups excluding carboxylic acids is 3. The fourth-order valence-electron chi connectivity index (χ4n) is 5.68. The minimum atomic E-state index is -1.38. The number of ketones is 1. The second-order valence-corrected chi connectivity index (χ2v) is 11.6. The van der Waals surface area contributed by atoms with E-state index in [-0.39, 0.29) is 30.6 Å². The Morgan fingerprint density at radius 1 is 1.10 bits per heavy atom. The molecule has 0 saturated carbocycles. The summed E-state index contributed by atoms with van der Waals surface area (Å²) in [6.07, 6.45) is -2.06. The van der Waals surface area contributed by atoms with E-state index in [0.29, 0.717) is 18.5 Å². The Labute approximate surface area is 231 Å². The van der Waals surface area contributed by atoms with E-state index < -0.39 is 30.2 Å². The molecule has 3 heterocycles. The molecule has 4 atom stereocenters. The van der Waals surface area contributed by atoms with Gasteiger partial charge in [-0.1, -0.05) is 56.3 Å². The third-order valence-corrected chi connectivity index (χ3v) is 8.72. The number of thiazole rings is 1. The van der Waals surface area contributed by atoms with Gasteiger partial charge in [-0.25, -0.2) is 4.98 Å². The van der Waals surface area contributed by atoms with Crippen LogP contribution in [0.1, 0.15) is 47.4 Å². The third kappa shape index (κ3) is 5.14. The largest absolute Gasteiger partial charge is 0.388 e. The number of fused-ring (bicyclic) bond motifs is 1. The predicted octanol–water partition coefficient (Wildman–Crippen LogP) is 3.23. The molecular formula is C30H33N3O5S. The van der Waals surface area contributed by atoms with Gasteiger partial charge in [-0.2, -0.15) is 0 Å². The highest BCUT2D eigenvalue weighted by molar-refractivity contribution is 7.13. The maximum absolute atomic E-state index is 13.9. The van der Waals surface area contributed by atoms with Gasteiger partial charge in [-0.3, -0.25) is 14.4 Å². The Balaban J connectivity index is 1.30. The lowest BCUT2D eigenvalue weighted by atomic mass is 9.97. The van der Waals surface area contributed by atoms with Crippen LogP contribution in [-0.2, 0) is 22.6 Å². The molecule has 204 valence electrons. The number of aryl methyl sites for hydroxylation is 2. The smallest absolute Gasteiger partial charge is 0.255 e. The zero-order valence-electron chi connectivity index (χ0n) is 22.3. The monoisotopic (exact) mass is 547 g/mol. The molecule has 2 aliphatic rings. The van der Waals surface area contributed by atoms with Crippen LogP contribution < -0.4 is 0 Å². The first kappa shape index (κ1) is 27.2. The third-order valence-electron chi connectivity index (χ3n) is 7.74. The zero-order chi connectivity index (χ0) is 27.8. The SMILES string of the molecule is Cc1ncsc1-c1ccc(CCC(=O)[C@@H]2[C@@H](O)[C@@H](O)CN2C(=O)[C@H](C(C)C)N2Cc3ccccc3C2=O)cc1. The van der Waals surface area contributed by atoms with Crippen LogP contribution in [0.2, 0.25) is 0 Å². The van der Waals surface area contributed by atoms with Crippen molar-refractivity contribution in [2.45, 2.75) is 64.4 Å². The number of rotatable bonds is 8. The second kappa shape index (κ2) is 11.0. The molecule has 2 N–H and O–H groups in total. The molecule has 0 bridgehead atoms. The van der Waals surface area contributed by atoms with Crippen LogP contribution in [0, 0.1) is 12.8 Å². The first-order chi connectivity index (χ1) is 18.7. The molecule has 8 nitrogen and oxygen atoms in total. The average molecular weight is 548 g/mol. The predicted molar refractivity (Wildman–Crippen MR) is 148 cm³/mol. The standard InChI is InChI=1S/C30H33N3O5S/c1-17(2)25(32-14-21-6-4-5-7-22(21)29(32)37)30(38)33-15-24(35)27(36)26(33)23(34)13-10-19-8-11-20(12-9-19)28-18(3)31-16-39-28/h4-9,11-12,16-17,24-27,35-36H,10,13-15H2,1-3H3/t24-,25-,26+,27-/m0/s1. The number of benzene rings is 2. The normalized spacial score (nSPS) is 21.5. The van der Waals surface area contributed by atoms with Gasteiger partial charge in [0.2, 0.25) is 5.91 Å². The van der Waals surface area contributed by atoms with Gasteiger partial charge in [-0.05, 0) is 42.0 Å². The number of likely N-dealkylation sites (tertiary alicyclic amines) is 1. The van der Waals surface area contributed by atoms with Crippen molar-refractivity contribution in [2.75, 3.05) is 6.54 Å². The van der Waals surface area contributed by atoms with Crippen molar-refractivity contribution in [3.63, 3.8) is 0 Å².